The lowest BCUT2D eigenvalue weighted by Gasteiger charge is -2.43. The minimum absolute atomic E-state index is 0.369. The number of carbonyl (C=O) groups excluding carboxylic acids is 1. The maximum absolute atomic E-state index is 11.8. The Morgan fingerprint density at radius 3 is 2.31 bits per heavy atom. The number of hydrogen-bond acceptors (Lipinski definition) is 5. The average Bonchev–Trinajstić information content (AvgIpc) is 3.09. The quantitative estimate of drug-likeness (QED) is 0.464. The SMILES string of the molecule is CC(=O)OC(C(C)(C)C(Cl)Cl)C(Cl)(Oc1ccc(Cl)cc1)n1cncn1. The highest BCUT2D eigenvalue weighted by Crippen LogP contribution is 2.45. The van der Waals surface area contributed by atoms with Gasteiger partial charge in [0.25, 0.3) is 0 Å². The van der Waals surface area contributed by atoms with Gasteiger partial charge in [0.05, 0.1) is 0 Å². The van der Waals surface area contributed by atoms with E-state index in [1.807, 2.05) is 0 Å². The zero-order chi connectivity index (χ0) is 19.5. The van der Waals surface area contributed by atoms with E-state index in [0.717, 1.165) is 0 Å². The number of rotatable bonds is 7. The van der Waals surface area contributed by atoms with Gasteiger partial charge in [-0.3, -0.25) is 4.79 Å². The summed E-state index contributed by atoms with van der Waals surface area (Å²) in [6.07, 6.45) is 1.50. The van der Waals surface area contributed by atoms with Crippen LogP contribution in [0.1, 0.15) is 20.8 Å². The number of carbonyl (C=O) groups is 1. The van der Waals surface area contributed by atoms with Crippen LogP contribution in [-0.4, -0.2) is 31.7 Å². The van der Waals surface area contributed by atoms with Crippen molar-refractivity contribution in [3.8, 4) is 5.75 Å². The van der Waals surface area contributed by atoms with Gasteiger partial charge < -0.3 is 9.47 Å². The first-order valence-electron chi connectivity index (χ1n) is 7.51. The highest BCUT2D eigenvalue weighted by molar-refractivity contribution is 6.44. The molecule has 0 spiro atoms. The molecule has 0 aliphatic heterocycles. The van der Waals surface area contributed by atoms with Crippen LogP contribution in [-0.2, 0) is 14.7 Å². The first-order chi connectivity index (χ1) is 12.1. The molecule has 0 radical (unpaired) electrons. The van der Waals surface area contributed by atoms with Crippen molar-refractivity contribution < 1.29 is 14.3 Å². The fourth-order valence-corrected chi connectivity index (χ4v) is 3.07. The van der Waals surface area contributed by atoms with E-state index < -0.39 is 27.5 Å². The summed E-state index contributed by atoms with van der Waals surface area (Å²) in [6.45, 7) is 4.65. The van der Waals surface area contributed by atoms with Crippen molar-refractivity contribution in [1.82, 2.24) is 14.8 Å². The van der Waals surface area contributed by atoms with Crippen LogP contribution < -0.4 is 4.74 Å². The first kappa shape index (κ1) is 21.1. The number of esters is 1. The monoisotopic (exact) mass is 439 g/mol. The summed E-state index contributed by atoms with van der Waals surface area (Å²) in [7, 11) is 0. The predicted molar refractivity (Wildman–Crippen MR) is 101 cm³/mol. The van der Waals surface area contributed by atoms with Gasteiger partial charge in [0.15, 0.2) is 6.10 Å². The second-order valence-electron chi connectivity index (χ2n) is 6.12. The molecule has 2 aromatic rings. The Kier molecular flexibility index (Phi) is 6.66. The van der Waals surface area contributed by atoms with Crippen molar-refractivity contribution in [2.75, 3.05) is 0 Å². The maximum Gasteiger partial charge on any atom is 0.319 e. The third-order valence-corrected chi connectivity index (χ3v) is 5.48. The molecule has 1 aromatic carbocycles. The Bertz CT molecular complexity index is 738. The summed E-state index contributed by atoms with van der Waals surface area (Å²) in [5.41, 5.74) is -1.01. The Balaban J connectivity index is 2.56. The fourth-order valence-electron chi connectivity index (χ4n) is 2.22. The molecule has 0 aliphatic rings. The van der Waals surface area contributed by atoms with Crippen molar-refractivity contribution in [3.05, 3.63) is 41.9 Å². The highest BCUT2D eigenvalue weighted by atomic mass is 35.5. The first-order valence-corrected chi connectivity index (χ1v) is 9.14. The molecule has 0 saturated carbocycles. The van der Waals surface area contributed by atoms with E-state index in [9.17, 15) is 4.79 Å². The third kappa shape index (κ3) is 4.55. The molecule has 0 bridgehead atoms. The summed E-state index contributed by atoms with van der Waals surface area (Å²) >= 11 is 25.0. The number of aromatic nitrogens is 3. The van der Waals surface area contributed by atoms with Crippen molar-refractivity contribution in [2.24, 2.45) is 5.41 Å². The zero-order valence-electron chi connectivity index (χ0n) is 14.2. The molecular weight excluding hydrogens is 424 g/mol. The topological polar surface area (TPSA) is 66.2 Å². The largest absolute Gasteiger partial charge is 0.454 e. The van der Waals surface area contributed by atoms with Crippen molar-refractivity contribution in [1.29, 1.82) is 0 Å². The maximum atomic E-state index is 11.8. The predicted octanol–water partition coefficient (Wildman–Crippen LogP) is 4.62. The van der Waals surface area contributed by atoms with Crippen LogP contribution in [0.25, 0.3) is 0 Å². The van der Waals surface area contributed by atoms with E-state index >= 15 is 0 Å². The lowest BCUT2D eigenvalue weighted by molar-refractivity contribution is -0.174. The Morgan fingerprint density at radius 1 is 1.23 bits per heavy atom. The molecule has 10 heteroatoms. The van der Waals surface area contributed by atoms with Gasteiger partial charge in [-0.05, 0) is 35.9 Å². The van der Waals surface area contributed by atoms with E-state index in [2.05, 4.69) is 10.1 Å². The van der Waals surface area contributed by atoms with E-state index in [1.165, 1.54) is 24.3 Å². The Labute approximate surface area is 171 Å². The van der Waals surface area contributed by atoms with Gasteiger partial charge in [-0.1, -0.05) is 25.4 Å². The molecule has 0 aliphatic carbocycles. The summed E-state index contributed by atoms with van der Waals surface area (Å²) < 4.78 is 12.7. The minimum Gasteiger partial charge on any atom is -0.454 e. The lowest BCUT2D eigenvalue weighted by atomic mass is 9.86. The molecule has 0 N–H and O–H groups in total. The van der Waals surface area contributed by atoms with E-state index in [0.29, 0.717) is 10.8 Å². The van der Waals surface area contributed by atoms with Crippen molar-refractivity contribution in [3.63, 3.8) is 0 Å². The standard InChI is InChI=1S/C16H17Cl4N3O3/c1-10(24)25-13(15(2,3)14(18)19)16(20,23-9-21-8-22-23)26-12-6-4-11(17)5-7-12/h4-9,13-14H,1-3H3. The molecule has 2 rings (SSSR count). The summed E-state index contributed by atoms with van der Waals surface area (Å²) in [5.74, 6) is -0.213. The molecule has 142 valence electrons. The van der Waals surface area contributed by atoms with Gasteiger partial charge in [-0.25, -0.2) is 4.98 Å². The third-order valence-electron chi connectivity index (χ3n) is 3.65. The van der Waals surface area contributed by atoms with Crippen LogP contribution >= 0.6 is 46.4 Å². The number of benzene rings is 1. The fraction of sp³-hybridized carbons (Fsp3) is 0.438. The van der Waals surface area contributed by atoms with E-state index in [4.69, 9.17) is 55.9 Å². The second kappa shape index (κ2) is 8.21. The number of halogens is 4. The van der Waals surface area contributed by atoms with Gasteiger partial charge in [0.2, 0.25) is 0 Å². The smallest absolute Gasteiger partial charge is 0.319 e. The number of nitrogens with zero attached hydrogens (tertiary/aromatic N) is 3. The molecule has 1 heterocycles. The molecule has 2 unspecified atom stereocenters. The molecule has 0 amide bonds. The minimum atomic E-state index is -1.80. The highest BCUT2D eigenvalue weighted by Gasteiger charge is 2.55. The average molecular weight is 441 g/mol. The Hall–Kier alpha value is -1.21. The van der Waals surface area contributed by atoms with Crippen LogP contribution in [0.5, 0.6) is 5.75 Å². The molecule has 0 saturated heterocycles. The molecule has 2 atom stereocenters. The Morgan fingerprint density at radius 2 is 1.85 bits per heavy atom. The molecule has 26 heavy (non-hydrogen) atoms. The number of alkyl halides is 3. The summed E-state index contributed by atoms with van der Waals surface area (Å²) in [5, 5.41) is 2.77. The van der Waals surface area contributed by atoms with Gasteiger partial charge in [-0.15, -0.1) is 23.2 Å². The zero-order valence-corrected chi connectivity index (χ0v) is 17.2. The van der Waals surface area contributed by atoms with Crippen LogP contribution in [0.15, 0.2) is 36.9 Å². The van der Waals surface area contributed by atoms with E-state index in [-0.39, 0.29) is 0 Å². The summed E-state index contributed by atoms with van der Waals surface area (Å²) in [6, 6.07) is 6.50. The van der Waals surface area contributed by atoms with E-state index in [1.54, 1.807) is 38.1 Å². The number of ether oxygens (including phenoxy) is 2. The van der Waals surface area contributed by atoms with Crippen LogP contribution in [0.2, 0.25) is 5.02 Å². The van der Waals surface area contributed by atoms with Crippen LogP contribution in [0, 0.1) is 5.41 Å². The molecule has 6 nitrogen and oxygen atoms in total. The van der Waals surface area contributed by atoms with Crippen molar-refractivity contribution in [2.45, 2.75) is 36.9 Å². The lowest BCUT2D eigenvalue weighted by Crippen LogP contribution is -2.56. The van der Waals surface area contributed by atoms with Gasteiger partial charge in [0, 0.05) is 17.4 Å². The van der Waals surface area contributed by atoms with Gasteiger partial charge in [-0.2, -0.15) is 9.78 Å². The second-order valence-corrected chi connectivity index (χ2v) is 8.19. The van der Waals surface area contributed by atoms with Gasteiger partial charge in [0.1, 0.15) is 23.2 Å². The van der Waals surface area contributed by atoms with Crippen molar-refractivity contribution >= 4 is 52.4 Å². The molecule has 0 fully saturated rings. The molecule has 1 aromatic heterocycles. The number of hydrogen-bond donors (Lipinski definition) is 0. The van der Waals surface area contributed by atoms with Gasteiger partial charge >= 0.3 is 11.2 Å². The summed E-state index contributed by atoms with van der Waals surface area (Å²) in [4.78, 5) is 14.7. The normalized spacial score (nSPS) is 15.4. The molecular formula is C16H17Cl4N3O3. The van der Waals surface area contributed by atoms with Crippen LogP contribution in [0.3, 0.4) is 0 Å². The van der Waals surface area contributed by atoms with Crippen LogP contribution in [0.4, 0.5) is 0 Å².